The monoisotopic (exact) mass is 322 g/mol. The number of phenols is 2. The van der Waals surface area contributed by atoms with Crippen LogP contribution in [0.2, 0.25) is 0 Å². The molecule has 0 saturated carbocycles. The molecule has 3 nitrogen and oxygen atoms in total. The first kappa shape index (κ1) is 15.3. The molecular formula is C21H22O3. The van der Waals surface area contributed by atoms with Crippen LogP contribution in [-0.4, -0.2) is 15.3 Å². The second-order valence-electron chi connectivity index (χ2n) is 7.12. The highest BCUT2D eigenvalue weighted by Gasteiger charge is 2.54. The second-order valence-corrected chi connectivity index (χ2v) is 7.12. The molecule has 2 aromatic carbocycles. The number of fused-ring (bicyclic) bond motifs is 2. The van der Waals surface area contributed by atoms with E-state index in [9.17, 15) is 15.3 Å². The van der Waals surface area contributed by atoms with E-state index >= 15 is 0 Å². The van der Waals surface area contributed by atoms with E-state index in [2.05, 4.69) is 19.1 Å². The molecule has 1 spiro atoms. The Hall–Kier alpha value is -2.26. The van der Waals surface area contributed by atoms with Crippen LogP contribution in [0.4, 0.5) is 0 Å². The molecule has 0 aromatic heterocycles. The van der Waals surface area contributed by atoms with Crippen LogP contribution in [0.3, 0.4) is 0 Å². The van der Waals surface area contributed by atoms with Crippen molar-refractivity contribution in [1.29, 1.82) is 0 Å². The lowest BCUT2D eigenvalue weighted by molar-refractivity contribution is -0.0237. The van der Waals surface area contributed by atoms with Crippen molar-refractivity contribution in [2.75, 3.05) is 0 Å². The minimum Gasteiger partial charge on any atom is -0.508 e. The van der Waals surface area contributed by atoms with Crippen LogP contribution in [0.1, 0.15) is 37.3 Å². The Kier molecular flexibility index (Phi) is 3.26. The quantitative estimate of drug-likeness (QED) is 0.812. The number of rotatable bonds is 3. The topological polar surface area (TPSA) is 60.7 Å². The van der Waals surface area contributed by atoms with Gasteiger partial charge in [-0.2, -0.15) is 0 Å². The molecule has 0 amide bonds. The molecule has 0 heterocycles. The summed E-state index contributed by atoms with van der Waals surface area (Å²) in [5.41, 5.74) is 0.358. The molecule has 2 aliphatic carbocycles. The maximum atomic E-state index is 11.8. The van der Waals surface area contributed by atoms with Gasteiger partial charge in [0.1, 0.15) is 17.1 Å². The Balaban J connectivity index is 1.93. The largest absolute Gasteiger partial charge is 0.508 e. The van der Waals surface area contributed by atoms with E-state index in [1.54, 1.807) is 24.3 Å². The number of phenolic OH excluding ortho intramolecular Hbond substituents is 2. The maximum absolute atomic E-state index is 11.8. The summed E-state index contributed by atoms with van der Waals surface area (Å²) in [6.07, 6.45) is 7.49. The van der Waals surface area contributed by atoms with E-state index in [1.165, 1.54) is 0 Å². The Bertz CT molecular complexity index is 931. The van der Waals surface area contributed by atoms with Crippen LogP contribution in [0.5, 0.6) is 11.5 Å². The fourth-order valence-corrected chi connectivity index (χ4v) is 4.37. The number of hydrogen-bond donors (Lipinski definition) is 3. The third-order valence-electron chi connectivity index (χ3n) is 5.58. The van der Waals surface area contributed by atoms with Gasteiger partial charge >= 0.3 is 0 Å². The Morgan fingerprint density at radius 1 is 0.958 bits per heavy atom. The number of hydrogen-bond acceptors (Lipinski definition) is 3. The van der Waals surface area contributed by atoms with E-state index in [4.69, 9.17) is 0 Å². The molecule has 2 aromatic rings. The number of benzene rings is 2. The Morgan fingerprint density at radius 3 is 2.46 bits per heavy atom. The average molecular weight is 322 g/mol. The second kappa shape index (κ2) is 5.12. The van der Waals surface area contributed by atoms with Crippen molar-refractivity contribution < 1.29 is 15.3 Å². The Labute approximate surface area is 141 Å². The molecule has 2 unspecified atom stereocenters. The molecule has 24 heavy (non-hydrogen) atoms. The van der Waals surface area contributed by atoms with Gasteiger partial charge in [-0.15, -0.1) is 0 Å². The summed E-state index contributed by atoms with van der Waals surface area (Å²) >= 11 is 0. The Morgan fingerprint density at radius 2 is 1.67 bits per heavy atom. The van der Waals surface area contributed by atoms with Crippen molar-refractivity contribution in [2.24, 2.45) is 5.41 Å². The van der Waals surface area contributed by atoms with Gasteiger partial charge in [0.25, 0.3) is 0 Å². The molecule has 2 aliphatic rings. The van der Waals surface area contributed by atoms with Crippen LogP contribution in [0.25, 0.3) is 12.2 Å². The first-order chi connectivity index (χ1) is 11.5. The zero-order chi connectivity index (χ0) is 16.9. The minimum absolute atomic E-state index is 0.189. The molecule has 4 rings (SSSR count). The summed E-state index contributed by atoms with van der Waals surface area (Å²) in [6.45, 7) is 2.11. The van der Waals surface area contributed by atoms with Crippen LogP contribution < -0.4 is 10.4 Å². The van der Waals surface area contributed by atoms with Gasteiger partial charge in [0.15, 0.2) is 0 Å². The van der Waals surface area contributed by atoms with Crippen LogP contribution >= 0.6 is 0 Å². The van der Waals surface area contributed by atoms with Crippen molar-refractivity contribution in [2.45, 2.75) is 38.2 Å². The van der Waals surface area contributed by atoms with Crippen molar-refractivity contribution >= 4 is 12.2 Å². The van der Waals surface area contributed by atoms with Gasteiger partial charge in [-0.1, -0.05) is 44.1 Å². The zero-order valence-corrected chi connectivity index (χ0v) is 13.8. The molecule has 0 bridgehead atoms. The highest BCUT2D eigenvalue weighted by atomic mass is 16.3. The van der Waals surface area contributed by atoms with Crippen LogP contribution in [-0.2, 0) is 12.0 Å². The SMILES string of the molecule is CCCCC1(O)c2cc(O)ccc2CC12C=c1ccc(O)cc1=C2. The van der Waals surface area contributed by atoms with Gasteiger partial charge in [0, 0.05) is 5.41 Å². The van der Waals surface area contributed by atoms with E-state index in [1.807, 2.05) is 12.1 Å². The molecule has 2 atom stereocenters. The first-order valence-corrected chi connectivity index (χ1v) is 8.57. The predicted molar refractivity (Wildman–Crippen MR) is 94.0 cm³/mol. The summed E-state index contributed by atoms with van der Waals surface area (Å²) < 4.78 is 0. The fourth-order valence-electron chi connectivity index (χ4n) is 4.37. The standard InChI is InChI=1S/C21H22O3/c1-2-3-8-21(24)19-10-18(23)7-5-15(19)12-20(21)11-14-4-6-17(22)9-16(14)13-20/h4-7,9-11,13,22-24H,2-3,8,12H2,1H3. The van der Waals surface area contributed by atoms with E-state index in [-0.39, 0.29) is 11.5 Å². The van der Waals surface area contributed by atoms with Gasteiger partial charge in [0.2, 0.25) is 0 Å². The third-order valence-corrected chi connectivity index (χ3v) is 5.58. The summed E-state index contributed by atoms with van der Waals surface area (Å²) in [5, 5.41) is 33.5. The average Bonchev–Trinajstić information content (AvgIpc) is 3.02. The lowest BCUT2D eigenvalue weighted by atomic mass is 9.70. The van der Waals surface area contributed by atoms with Gasteiger partial charge in [-0.05, 0) is 58.7 Å². The summed E-state index contributed by atoms with van der Waals surface area (Å²) in [6, 6.07) is 10.6. The molecule has 3 N–H and O–H groups in total. The lowest BCUT2D eigenvalue weighted by Gasteiger charge is -2.38. The van der Waals surface area contributed by atoms with E-state index in [0.717, 1.165) is 34.4 Å². The van der Waals surface area contributed by atoms with Gasteiger partial charge in [0.05, 0.1) is 0 Å². The smallest absolute Gasteiger partial charge is 0.116 e. The third kappa shape index (κ3) is 2.01. The highest BCUT2D eigenvalue weighted by molar-refractivity contribution is 5.67. The molecule has 3 heteroatoms. The minimum atomic E-state index is -1.04. The van der Waals surface area contributed by atoms with Crippen molar-refractivity contribution in [3.63, 3.8) is 0 Å². The van der Waals surface area contributed by atoms with E-state index < -0.39 is 11.0 Å². The summed E-state index contributed by atoms with van der Waals surface area (Å²) in [7, 11) is 0. The molecule has 0 fully saturated rings. The molecule has 0 saturated heterocycles. The first-order valence-electron chi connectivity index (χ1n) is 8.57. The number of aromatic hydroxyl groups is 2. The normalized spacial score (nSPS) is 26.8. The maximum Gasteiger partial charge on any atom is 0.116 e. The molecular weight excluding hydrogens is 300 g/mol. The van der Waals surface area contributed by atoms with Crippen LogP contribution in [0, 0.1) is 5.41 Å². The van der Waals surface area contributed by atoms with Crippen LogP contribution in [0.15, 0.2) is 36.4 Å². The van der Waals surface area contributed by atoms with E-state index in [0.29, 0.717) is 12.8 Å². The molecule has 0 aliphatic heterocycles. The molecule has 124 valence electrons. The highest BCUT2D eigenvalue weighted by Crippen LogP contribution is 2.56. The molecule has 0 radical (unpaired) electrons. The number of aliphatic hydroxyl groups is 1. The summed E-state index contributed by atoms with van der Waals surface area (Å²) in [4.78, 5) is 0. The van der Waals surface area contributed by atoms with Crippen molar-refractivity contribution in [3.05, 3.63) is 58.0 Å². The van der Waals surface area contributed by atoms with Crippen molar-refractivity contribution in [1.82, 2.24) is 0 Å². The fraction of sp³-hybridized carbons (Fsp3) is 0.333. The summed E-state index contributed by atoms with van der Waals surface area (Å²) in [5.74, 6) is 0.426. The predicted octanol–water partition coefficient (Wildman–Crippen LogP) is 2.29. The number of unbranched alkanes of at least 4 members (excludes halogenated alkanes) is 1. The lowest BCUT2D eigenvalue weighted by Crippen LogP contribution is -2.39. The van der Waals surface area contributed by atoms with Gasteiger partial charge in [-0.25, -0.2) is 0 Å². The van der Waals surface area contributed by atoms with Crippen molar-refractivity contribution in [3.8, 4) is 11.5 Å². The zero-order valence-electron chi connectivity index (χ0n) is 13.8. The van der Waals surface area contributed by atoms with Gasteiger partial charge < -0.3 is 15.3 Å². The van der Waals surface area contributed by atoms with Gasteiger partial charge in [-0.3, -0.25) is 0 Å².